The molecule has 2 aliphatic rings. The molecule has 0 radical (unpaired) electrons. The van der Waals surface area contributed by atoms with Crippen molar-refractivity contribution in [2.75, 3.05) is 26.2 Å². The van der Waals surface area contributed by atoms with Gasteiger partial charge in [0.25, 0.3) is 0 Å². The van der Waals surface area contributed by atoms with Crippen LogP contribution in [-0.4, -0.2) is 42.1 Å². The van der Waals surface area contributed by atoms with E-state index in [0.29, 0.717) is 11.7 Å². The van der Waals surface area contributed by atoms with Crippen molar-refractivity contribution in [1.82, 2.24) is 10.2 Å². The summed E-state index contributed by atoms with van der Waals surface area (Å²) >= 11 is 0. The normalized spacial score (nSPS) is 24.4. The molecule has 1 unspecified atom stereocenters. The summed E-state index contributed by atoms with van der Waals surface area (Å²) in [6.07, 6.45) is 2.54. The molecule has 1 aliphatic carbocycles. The van der Waals surface area contributed by atoms with Crippen LogP contribution >= 0.6 is 0 Å². The Morgan fingerprint density at radius 3 is 2.39 bits per heavy atom. The van der Waals surface area contributed by atoms with Crippen molar-refractivity contribution in [3.8, 4) is 5.75 Å². The lowest BCUT2D eigenvalue weighted by molar-refractivity contribution is -0.142. The number of carbonyl (C=O) groups is 1. The number of carbonyl (C=O) groups excluding carboxylic acids is 1. The van der Waals surface area contributed by atoms with Crippen LogP contribution in [0.4, 0.5) is 0 Å². The van der Waals surface area contributed by atoms with Gasteiger partial charge in [0, 0.05) is 26.2 Å². The Balaban J connectivity index is 1.94. The second-order valence-electron chi connectivity index (χ2n) is 7.46. The van der Waals surface area contributed by atoms with Gasteiger partial charge in [-0.2, -0.15) is 0 Å². The van der Waals surface area contributed by atoms with Crippen molar-refractivity contribution in [1.29, 1.82) is 0 Å². The van der Waals surface area contributed by atoms with E-state index >= 15 is 0 Å². The minimum absolute atomic E-state index is 0.299. The molecule has 1 heterocycles. The second-order valence-corrected chi connectivity index (χ2v) is 7.46. The van der Waals surface area contributed by atoms with Gasteiger partial charge >= 0.3 is 0 Å². The summed E-state index contributed by atoms with van der Waals surface area (Å²) < 4.78 is 0. The van der Waals surface area contributed by atoms with Crippen LogP contribution in [0.15, 0.2) is 0 Å². The van der Waals surface area contributed by atoms with Gasteiger partial charge in [0.05, 0.1) is 5.41 Å². The van der Waals surface area contributed by atoms with Crippen molar-refractivity contribution in [3.63, 3.8) is 0 Å². The highest BCUT2D eigenvalue weighted by molar-refractivity contribution is 5.83. The number of phenolic OH excluding ortho intramolecular Hbond substituents is 1. The third kappa shape index (κ3) is 2.63. The predicted octanol–water partition coefficient (Wildman–Crippen LogP) is 2.24. The molecule has 1 aliphatic heterocycles. The van der Waals surface area contributed by atoms with Gasteiger partial charge in [-0.3, -0.25) is 4.79 Å². The van der Waals surface area contributed by atoms with Gasteiger partial charge in [0.1, 0.15) is 5.75 Å². The lowest BCUT2D eigenvalue weighted by Crippen LogP contribution is -2.52. The number of fused-ring (bicyclic) bond motifs is 1. The van der Waals surface area contributed by atoms with Crippen molar-refractivity contribution < 1.29 is 9.90 Å². The van der Waals surface area contributed by atoms with E-state index in [1.165, 1.54) is 11.1 Å². The molecule has 1 aromatic rings. The van der Waals surface area contributed by atoms with Crippen molar-refractivity contribution >= 4 is 5.91 Å². The maximum Gasteiger partial charge on any atom is 0.228 e. The third-order valence-electron chi connectivity index (χ3n) is 5.96. The summed E-state index contributed by atoms with van der Waals surface area (Å²) in [5, 5.41) is 13.6. The fourth-order valence-electron chi connectivity index (χ4n) is 4.17. The van der Waals surface area contributed by atoms with Gasteiger partial charge in [0.15, 0.2) is 0 Å². The zero-order chi connectivity index (χ0) is 16.8. The number of phenols is 1. The Morgan fingerprint density at radius 1 is 1.09 bits per heavy atom. The molecule has 0 bridgehead atoms. The Kier molecular flexibility index (Phi) is 4.13. The van der Waals surface area contributed by atoms with Crippen LogP contribution in [-0.2, 0) is 17.6 Å². The van der Waals surface area contributed by atoms with E-state index in [4.69, 9.17) is 0 Å². The fraction of sp³-hybridized carbons (Fsp3) is 0.632. The molecule has 1 fully saturated rings. The largest absolute Gasteiger partial charge is 0.507 e. The van der Waals surface area contributed by atoms with E-state index in [1.54, 1.807) is 0 Å². The summed E-state index contributed by atoms with van der Waals surface area (Å²) in [5.74, 6) is 0.728. The first-order chi connectivity index (χ1) is 10.8. The highest BCUT2D eigenvalue weighted by Gasteiger charge is 2.41. The van der Waals surface area contributed by atoms with Crippen LogP contribution in [0.25, 0.3) is 0 Å². The molecular formula is C19H28N2O2. The number of nitrogens with zero attached hydrogens (tertiary/aromatic N) is 1. The van der Waals surface area contributed by atoms with E-state index in [9.17, 15) is 9.90 Å². The number of amides is 1. The van der Waals surface area contributed by atoms with Gasteiger partial charge in [-0.15, -0.1) is 0 Å². The lowest BCUT2D eigenvalue weighted by Gasteiger charge is -2.40. The fourth-order valence-corrected chi connectivity index (χ4v) is 4.17. The average Bonchev–Trinajstić information content (AvgIpc) is 2.58. The molecule has 2 N–H and O–H groups in total. The number of hydrogen-bond donors (Lipinski definition) is 2. The van der Waals surface area contributed by atoms with Crippen molar-refractivity contribution in [2.45, 2.75) is 47.0 Å². The van der Waals surface area contributed by atoms with E-state index in [0.717, 1.165) is 62.1 Å². The van der Waals surface area contributed by atoms with Crippen molar-refractivity contribution in [2.24, 2.45) is 5.41 Å². The van der Waals surface area contributed by atoms with Crippen LogP contribution in [0.2, 0.25) is 0 Å². The summed E-state index contributed by atoms with van der Waals surface area (Å²) in [7, 11) is 0. The van der Waals surface area contributed by atoms with E-state index in [-0.39, 0.29) is 5.41 Å². The molecule has 4 nitrogen and oxygen atoms in total. The Hall–Kier alpha value is -1.55. The second kappa shape index (κ2) is 5.82. The molecule has 0 aromatic heterocycles. The first-order valence-corrected chi connectivity index (χ1v) is 8.66. The quantitative estimate of drug-likeness (QED) is 0.835. The highest BCUT2D eigenvalue weighted by atomic mass is 16.3. The summed E-state index contributed by atoms with van der Waals surface area (Å²) in [4.78, 5) is 15.1. The van der Waals surface area contributed by atoms with Gasteiger partial charge in [0.2, 0.25) is 5.91 Å². The Labute approximate surface area is 138 Å². The number of benzene rings is 1. The van der Waals surface area contributed by atoms with Gasteiger partial charge < -0.3 is 15.3 Å². The zero-order valence-electron chi connectivity index (χ0n) is 14.8. The van der Waals surface area contributed by atoms with Gasteiger partial charge in [-0.25, -0.2) is 0 Å². The highest BCUT2D eigenvalue weighted by Crippen LogP contribution is 2.43. The topological polar surface area (TPSA) is 52.6 Å². The summed E-state index contributed by atoms with van der Waals surface area (Å²) in [6.45, 7) is 11.6. The first-order valence-electron chi connectivity index (χ1n) is 8.66. The average molecular weight is 316 g/mol. The van der Waals surface area contributed by atoms with Crippen LogP contribution in [0.5, 0.6) is 5.75 Å². The Bertz CT molecular complexity index is 648. The lowest BCUT2D eigenvalue weighted by atomic mass is 9.69. The zero-order valence-corrected chi connectivity index (χ0v) is 14.8. The van der Waals surface area contributed by atoms with Crippen LogP contribution in [0.3, 0.4) is 0 Å². The Morgan fingerprint density at radius 2 is 1.74 bits per heavy atom. The maximum atomic E-state index is 13.1. The molecule has 4 heteroatoms. The van der Waals surface area contributed by atoms with Crippen molar-refractivity contribution in [3.05, 3.63) is 27.8 Å². The standard InChI is InChI=1S/C19H28N2O2/c1-12-13(2)17(22)14(3)15-5-6-19(4,11-16(12)15)18(23)21-9-7-20-8-10-21/h20,22H,5-11H2,1-4H3. The van der Waals surface area contributed by atoms with E-state index in [1.807, 2.05) is 18.7 Å². The molecule has 1 saturated heterocycles. The number of piperazine rings is 1. The molecule has 1 aromatic carbocycles. The van der Waals surface area contributed by atoms with Crippen LogP contribution in [0, 0.1) is 26.2 Å². The number of aromatic hydroxyl groups is 1. The smallest absolute Gasteiger partial charge is 0.228 e. The molecule has 23 heavy (non-hydrogen) atoms. The molecular weight excluding hydrogens is 288 g/mol. The molecule has 0 spiro atoms. The molecule has 3 rings (SSSR count). The molecule has 1 amide bonds. The summed E-state index contributed by atoms with van der Waals surface area (Å²) in [5.41, 5.74) is 5.35. The van der Waals surface area contributed by atoms with Gasteiger partial charge in [-0.05, 0) is 67.9 Å². The number of nitrogens with one attached hydrogen (secondary N) is 1. The van der Waals surface area contributed by atoms with Crippen LogP contribution < -0.4 is 5.32 Å². The minimum Gasteiger partial charge on any atom is -0.507 e. The molecule has 126 valence electrons. The molecule has 0 saturated carbocycles. The maximum absolute atomic E-state index is 13.1. The first kappa shape index (κ1) is 16.3. The molecule has 1 atom stereocenters. The van der Waals surface area contributed by atoms with E-state index in [2.05, 4.69) is 19.2 Å². The third-order valence-corrected chi connectivity index (χ3v) is 5.96. The number of rotatable bonds is 1. The van der Waals surface area contributed by atoms with Crippen LogP contribution in [0.1, 0.15) is 41.2 Å². The monoisotopic (exact) mass is 316 g/mol. The predicted molar refractivity (Wildman–Crippen MR) is 91.9 cm³/mol. The van der Waals surface area contributed by atoms with Gasteiger partial charge in [-0.1, -0.05) is 6.92 Å². The number of hydrogen-bond acceptors (Lipinski definition) is 3. The minimum atomic E-state index is -0.315. The van der Waals surface area contributed by atoms with E-state index < -0.39 is 0 Å². The SMILES string of the molecule is Cc1c(C)c2c(c(C)c1O)CCC(C)(C(=O)N1CCNCC1)C2. The summed E-state index contributed by atoms with van der Waals surface area (Å²) in [6, 6.07) is 0.